The van der Waals surface area contributed by atoms with Gasteiger partial charge in [-0.15, -0.1) is 0 Å². The highest BCUT2D eigenvalue weighted by Gasteiger charge is 2.20. The summed E-state index contributed by atoms with van der Waals surface area (Å²) in [5.41, 5.74) is 1.56. The molecule has 0 unspecified atom stereocenters. The lowest BCUT2D eigenvalue weighted by molar-refractivity contribution is -0.133. The maximum Gasteiger partial charge on any atom is 0.238 e. The number of hydrogen-bond acceptors (Lipinski definition) is 4. The van der Waals surface area contributed by atoms with Crippen LogP contribution in [-0.4, -0.2) is 55.9 Å². The maximum absolute atomic E-state index is 12.6. The quantitative estimate of drug-likeness (QED) is 0.733. The SMILES string of the molecule is COc1ccc(Cl)cc1NC(=O)CN(C)CC(=O)N(C)[C@@H](C)c1ccccc1. The molecule has 0 aliphatic rings. The van der Waals surface area contributed by atoms with Crippen molar-refractivity contribution in [2.45, 2.75) is 13.0 Å². The number of methoxy groups -OCH3 is 1. The van der Waals surface area contributed by atoms with Gasteiger partial charge in [0.1, 0.15) is 5.75 Å². The molecule has 0 heterocycles. The van der Waals surface area contributed by atoms with Gasteiger partial charge in [-0.1, -0.05) is 41.9 Å². The Balaban J connectivity index is 1.90. The fraction of sp³-hybridized carbons (Fsp3) is 0.333. The second-order valence-corrected chi connectivity index (χ2v) is 7.09. The number of carbonyl (C=O) groups excluding carboxylic acids is 2. The van der Waals surface area contributed by atoms with Crippen LogP contribution in [0.4, 0.5) is 5.69 Å². The molecule has 0 spiro atoms. The minimum atomic E-state index is -0.255. The average Bonchev–Trinajstić information content (AvgIpc) is 2.67. The Kier molecular flexibility index (Phi) is 7.84. The summed E-state index contributed by atoms with van der Waals surface area (Å²) in [6, 6.07) is 14.8. The summed E-state index contributed by atoms with van der Waals surface area (Å²) in [4.78, 5) is 28.3. The van der Waals surface area contributed by atoms with Crippen molar-refractivity contribution in [1.82, 2.24) is 9.80 Å². The molecule has 0 bridgehead atoms. The molecule has 0 aliphatic carbocycles. The van der Waals surface area contributed by atoms with Gasteiger partial charge in [0, 0.05) is 12.1 Å². The highest BCUT2D eigenvalue weighted by molar-refractivity contribution is 6.31. The number of likely N-dealkylation sites (N-methyl/N-ethyl adjacent to an activating group) is 2. The first-order valence-corrected chi connectivity index (χ1v) is 9.32. The zero-order valence-electron chi connectivity index (χ0n) is 16.6. The Bertz CT molecular complexity index is 814. The summed E-state index contributed by atoms with van der Waals surface area (Å²) in [6.45, 7) is 2.17. The zero-order valence-corrected chi connectivity index (χ0v) is 17.4. The van der Waals surface area contributed by atoms with Crippen molar-refractivity contribution in [3.8, 4) is 5.75 Å². The van der Waals surface area contributed by atoms with Crippen molar-refractivity contribution in [3.05, 3.63) is 59.1 Å². The Morgan fingerprint density at radius 1 is 1.11 bits per heavy atom. The first kappa shape index (κ1) is 21.7. The van der Waals surface area contributed by atoms with E-state index >= 15 is 0 Å². The van der Waals surface area contributed by atoms with Gasteiger partial charge in [-0.2, -0.15) is 0 Å². The van der Waals surface area contributed by atoms with E-state index in [9.17, 15) is 9.59 Å². The number of rotatable bonds is 8. The molecule has 7 heteroatoms. The normalized spacial score (nSPS) is 11.8. The number of halogens is 1. The van der Waals surface area contributed by atoms with E-state index in [1.807, 2.05) is 37.3 Å². The summed E-state index contributed by atoms with van der Waals surface area (Å²) in [5, 5.41) is 3.27. The fourth-order valence-corrected chi connectivity index (χ4v) is 2.95. The molecule has 2 rings (SSSR count). The van der Waals surface area contributed by atoms with E-state index in [-0.39, 0.29) is 30.9 Å². The van der Waals surface area contributed by atoms with Crippen molar-refractivity contribution in [1.29, 1.82) is 0 Å². The van der Waals surface area contributed by atoms with Crippen LogP contribution in [0.15, 0.2) is 48.5 Å². The smallest absolute Gasteiger partial charge is 0.238 e. The highest BCUT2D eigenvalue weighted by atomic mass is 35.5. The molecular formula is C21H26ClN3O3. The van der Waals surface area contributed by atoms with E-state index in [0.29, 0.717) is 16.5 Å². The number of benzene rings is 2. The van der Waals surface area contributed by atoms with Gasteiger partial charge in [-0.05, 0) is 37.7 Å². The van der Waals surface area contributed by atoms with Gasteiger partial charge in [0.05, 0.1) is 31.9 Å². The van der Waals surface area contributed by atoms with Crippen LogP contribution in [0.3, 0.4) is 0 Å². The topological polar surface area (TPSA) is 61.9 Å². The first-order chi connectivity index (χ1) is 13.3. The molecule has 0 aromatic heterocycles. The summed E-state index contributed by atoms with van der Waals surface area (Å²) in [5.74, 6) is 0.203. The number of hydrogen-bond donors (Lipinski definition) is 1. The first-order valence-electron chi connectivity index (χ1n) is 8.94. The number of amides is 2. The zero-order chi connectivity index (χ0) is 20.7. The number of carbonyl (C=O) groups is 2. The van der Waals surface area contributed by atoms with Gasteiger partial charge in [-0.3, -0.25) is 14.5 Å². The summed E-state index contributed by atoms with van der Waals surface area (Å²) < 4.78 is 5.22. The van der Waals surface area contributed by atoms with Crippen LogP contribution in [-0.2, 0) is 9.59 Å². The van der Waals surface area contributed by atoms with Crippen LogP contribution < -0.4 is 10.1 Å². The van der Waals surface area contributed by atoms with E-state index in [1.165, 1.54) is 7.11 Å². The molecule has 2 aromatic carbocycles. The Morgan fingerprint density at radius 3 is 2.43 bits per heavy atom. The second kappa shape index (κ2) is 10.1. The van der Waals surface area contributed by atoms with Crippen molar-refractivity contribution in [3.63, 3.8) is 0 Å². The Labute approximate surface area is 171 Å². The molecule has 1 atom stereocenters. The molecule has 28 heavy (non-hydrogen) atoms. The highest BCUT2D eigenvalue weighted by Crippen LogP contribution is 2.27. The van der Waals surface area contributed by atoms with E-state index in [0.717, 1.165) is 5.56 Å². The van der Waals surface area contributed by atoms with Crippen LogP contribution in [0, 0.1) is 0 Å². The molecule has 2 aromatic rings. The predicted molar refractivity (Wildman–Crippen MR) is 112 cm³/mol. The number of nitrogens with one attached hydrogen (secondary N) is 1. The molecular weight excluding hydrogens is 378 g/mol. The fourth-order valence-electron chi connectivity index (χ4n) is 2.78. The van der Waals surface area contributed by atoms with Crippen molar-refractivity contribution in [2.24, 2.45) is 0 Å². The van der Waals surface area contributed by atoms with Crippen LogP contribution >= 0.6 is 11.6 Å². The van der Waals surface area contributed by atoms with Crippen LogP contribution in [0.5, 0.6) is 5.75 Å². The Hall–Kier alpha value is -2.57. The second-order valence-electron chi connectivity index (χ2n) is 6.66. The average molecular weight is 404 g/mol. The molecule has 1 N–H and O–H groups in total. The van der Waals surface area contributed by atoms with Crippen molar-refractivity contribution < 1.29 is 14.3 Å². The number of anilines is 1. The third kappa shape index (κ3) is 5.97. The number of nitrogens with zero attached hydrogens (tertiary/aromatic N) is 2. The summed E-state index contributed by atoms with van der Waals surface area (Å²) in [7, 11) is 5.02. The number of ether oxygens (including phenoxy) is 1. The minimum absolute atomic E-state index is 0.0494. The largest absolute Gasteiger partial charge is 0.495 e. The third-order valence-electron chi connectivity index (χ3n) is 4.51. The molecule has 0 saturated carbocycles. The van der Waals surface area contributed by atoms with Crippen molar-refractivity contribution in [2.75, 3.05) is 39.6 Å². The molecule has 0 radical (unpaired) electrons. The molecule has 150 valence electrons. The summed E-state index contributed by atoms with van der Waals surface area (Å²) in [6.07, 6.45) is 0. The molecule has 0 fully saturated rings. The van der Waals surface area contributed by atoms with Gasteiger partial charge < -0.3 is 15.0 Å². The Morgan fingerprint density at radius 2 is 1.79 bits per heavy atom. The lowest BCUT2D eigenvalue weighted by atomic mass is 10.1. The lowest BCUT2D eigenvalue weighted by Gasteiger charge is -2.27. The van der Waals surface area contributed by atoms with Crippen molar-refractivity contribution >= 4 is 29.1 Å². The van der Waals surface area contributed by atoms with Gasteiger partial charge in [0.25, 0.3) is 0 Å². The monoisotopic (exact) mass is 403 g/mol. The molecule has 6 nitrogen and oxygen atoms in total. The van der Waals surface area contributed by atoms with E-state index in [1.54, 1.807) is 42.1 Å². The van der Waals surface area contributed by atoms with E-state index in [2.05, 4.69) is 5.32 Å². The maximum atomic E-state index is 12.6. The predicted octanol–water partition coefficient (Wildman–Crippen LogP) is 3.44. The summed E-state index contributed by atoms with van der Waals surface area (Å²) >= 11 is 5.98. The van der Waals surface area contributed by atoms with Gasteiger partial charge in [-0.25, -0.2) is 0 Å². The van der Waals surface area contributed by atoms with E-state index in [4.69, 9.17) is 16.3 Å². The standard InChI is InChI=1S/C21H26ClN3O3/c1-15(16-8-6-5-7-9-16)25(3)21(27)14-24(2)13-20(26)23-18-12-17(22)10-11-19(18)28-4/h5-12,15H,13-14H2,1-4H3,(H,23,26)/t15-/m0/s1. The minimum Gasteiger partial charge on any atom is -0.495 e. The molecule has 0 aliphatic heterocycles. The van der Waals surface area contributed by atoms with Crippen LogP contribution in [0.2, 0.25) is 5.02 Å². The van der Waals surface area contributed by atoms with Gasteiger partial charge >= 0.3 is 0 Å². The van der Waals surface area contributed by atoms with Gasteiger partial charge in [0.15, 0.2) is 0 Å². The van der Waals surface area contributed by atoms with Crippen LogP contribution in [0.25, 0.3) is 0 Å². The van der Waals surface area contributed by atoms with Gasteiger partial charge in [0.2, 0.25) is 11.8 Å². The van der Waals surface area contributed by atoms with E-state index < -0.39 is 0 Å². The lowest BCUT2D eigenvalue weighted by Crippen LogP contribution is -2.40. The van der Waals surface area contributed by atoms with Crippen LogP contribution in [0.1, 0.15) is 18.5 Å². The molecule has 2 amide bonds. The third-order valence-corrected chi connectivity index (χ3v) is 4.75. The molecule has 0 saturated heterocycles.